The first-order chi connectivity index (χ1) is 7.27. The summed E-state index contributed by atoms with van der Waals surface area (Å²) in [6.45, 7) is 2.33. The molecule has 0 aromatic carbocycles. The van der Waals surface area contributed by atoms with Crippen LogP contribution in [0, 0.1) is 5.92 Å². The largest absolute Gasteiger partial charge is 0.375 e. The van der Waals surface area contributed by atoms with Gasteiger partial charge in [-0.1, -0.05) is 26.2 Å². The summed E-state index contributed by atoms with van der Waals surface area (Å²) < 4.78 is 4.82. The van der Waals surface area contributed by atoms with Gasteiger partial charge in [-0.25, -0.2) is 0 Å². The highest BCUT2D eigenvalue weighted by Crippen LogP contribution is 2.27. The number of amides is 1. The van der Waals surface area contributed by atoms with Gasteiger partial charge in [0.15, 0.2) is 0 Å². The molecule has 15 heavy (non-hydrogen) atoms. The van der Waals surface area contributed by atoms with Crippen LogP contribution in [0.25, 0.3) is 0 Å². The minimum absolute atomic E-state index is 0.0231. The number of hydrogen-bond donors (Lipinski definition) is 1. The summed E-state index contributed by atoms with van der Waals surface area (Å²) >= 11 is 0. The van der Waals surface area contributed by atoms with Gasteiger partial charge in [-0.2, -0.15) is 0 Å². The quantitative estimate of drug-likeness (QED) is 0.759. The molecule has 0 saturated heterocycles. The third-order valence-electron chi connectivity index (χ3n) is 3.28. The highest BCUT2D eigenvalue weighted by molar-refractivity contribution is 5.77. The first-order valence-electron chi connectivity index (χ1n) is 6.06. The van der Waals surface area contributed by atoms with Crippen LogP contribution in [0.4, 0.5) is 0 Å². The van der Waals surface area contributed by atoms with Crippen molar-refractivity contribution in [3.8, 4) is 0 Å². The van der Waals surface area contributed by atoms with Crippen molar-refractivity contribution in [2.45, 2.75) is 51.5 Å². The zero-order valence-electron chi connectivity index (χ0n) is 9.92. The van der Waals surface area contributed by atoms with Crippen molar-refractivity contribution >= 4 is 5.91 Å². The minimum atomic E-state index is 0.0231. The molecule has 0 heterocycles. The maximum atomic E-state index is 11.4. The highest BCUT2D eigenvalue weighted by atomic mass is 16.5. The zero-order chi connectivity index (χ0) is 11.1. The van der Waals surface area contributed by atoms with E-state index in [-0.39, 0.29) is 12.5 Å². The topological polar surface area (TPSA) is 38.3 Å². The lowest BCUT2D eigenvalue weighted by Crippen LogP contribution is -2.42. The third-order valence-corrected chi connectivity index (χ3v) is 3.28. The second-order valence-electron chi connectivity index (χ2n) is 4.41. The van der Waals surface area contributed by atoms with E-state index in [1.807, 2.05) is 0 Å². The summed E-state index contributed by atoms with van der Waals surface area (Å²) in [7, 11) is 1.56. The van der Waals surface area contributed by atoms with Crippen LogP contribution in [0.3, 0.4) is 0 Å². The predicted molar refractivity (Wildman–Crippen MR) is 60.7 cm³/mol. The van der Waals surface area contributed by atoms with E-state index in [1.54, 1.807) is 7.11 Å². The number of hydrogen-bond acceptors (Lipinski definition) is 2. The molecule has 1 unspecified atom stereocenters. The molecule has 0 radical (unpaired) electrons. The maximum Gasteiger partial charge on any atom is 0.246 e. The molecule has 0 bridgehead atoms. The number of ether oxygens (including phenoxy) is 1. The molecule has 1 fully saturated rings. The molecule has 0 spiro atoms. The standard InChI is InChI=1S/C12H23NO2/c1-3-11(13-12(14)9-15-2)10-7-5-4-6-8-10/h10-11H,3-9H2,1-2H3,(H,13,14). The van der Waals surface area contributed by atoms with Gasteiger partial charge >= 0.3 is 0 Å². The van der Waals surface area contributed by atoms with Crippen LogP contribution in [-0.2, 0) is 9.53 Å². The van der Waals surface area contributed by atoms with Crippen LogP contribution in [0.5, 0.6) is 0 Å². The van der Waals surface area contributed by atoms with Crippen molar-refractivity contribution < 1.29 is 9.53 Å². The van der Waals surface area contributed by atoms with Crippen molar-refractivity contribution in [1.29, 1.82) is 0 Å². The molecule has 1 amide bonds. The number of nitrogens with one attached hydrogen (secondary N) is 1. The summed E-state index contributed by atoms with van der Waals surface area (Å²) in [5.41, 5.74) is 0. The Bertz CT molecular complexity index is 188. The Labute approximate surface area is 92.6 Å². The van der Waals surface area contributed by atoms with Crippen LogP contribution in [-0.4, -0.2) is 25.7 Å². The van der Waals surface area contributed by atoms with Crippen LogP contribution in [0.1, 0.15) is 45.4 Å². The van der Waals surface area contributed by atoms with E-state index in [9.17, 15) is 4.79 Å². The maximum absolute atomic E-state index is 11.4. The van der Waals surface area contributed by atoms with Gasteiger partial charge in [0.25, 0.3) is 0 Å². The van der Waals surface area contributed by atoms with E-state index in [2.05, 4.69) is 12.2 Å². The average molecular weight is 213 g/mol. The van der Waals surface area contributed by atoms with Gasteiger partial charge in [-0.05, 0) is 25.2 Å². The van der Waals surface area contributed by atoms with Crippen molar-refractivity contribution in [3.05, 3.63) is 0 Å². The van der Waals surface area contributed by atoms with E-state index < -0.39 is 0 Å². The lowest BCUT2D eigenvalue weighted by atomic mass is 9.83. The van der Waals surface area contributed by atoms with Gasteiger partial charge in [0.2, 0.25) is 5.91 Å². The number of methoxy groups -OCH3 is 1. The lowest BCUT2D eigenvalue weighted by Gasteiger charge is -2.30. The van der Waals surface area contributed by atoms with Gasteiger partial charge in [0.05, 0.1) is 0 Å². The lowest BCUT2D eigenvalue weighted by molar-refractivity contribution is -0.125. The molecule has 1 atom stereocenters. The van der Waals surface area contributed by atoms with Crippen LogP contribution in [0.15, 0.2) is 0 Å². The van der Waals surface area contributed by atoms with Crippen LogP contribution >= 0.6 is 0 Å². The Kier molecular flexibility index (Phi) is 5.69. The van der Waals surface area contributed by atoms with Crippen molar-refractivity contribution in [2.24, 2.45) is 5.92 Å². The van der Waals surface area contributed by atoms with Gasteiger partial charge in [0.1, 0.15) is 6.61 Å². The summed E-state index contributed by atoms with van der Waals surface area (Å²) in [5.74, 6) is 0.708. The predicted octanol–water partition coefficient (Wildman–Crippen LogP) is 2.11. The third kappa shape index (κ3) is 4.20. The zero-order valence-corrected chi connectivity index (χ0v) is 9.92. The fraction of sp³-hybridized carbons (Fsp3) is 0.917. The summed E-state index contributed by atoms with van der Waals surface area (Å²) in [4.78, 5) is 11.4. The van der Waals surface area contributed by atoms with Crippen molar-refractivity contribution in [1.82, 2.24) is 5.32 Å². The molecule has 0 aromatic rings. The molecular weight excluding hydrogens is 190 g/mol. The van der Waals surface area contributed by atoms with Crippen molar-refractivity contribution in [2.75, 3.05) is 13.7 Å². The summed E-state index contributed by atoms with van der Waals surface area (Å²) in [6.07, 6.45) is 7.57. The van der Waals surface area contributed by atoms with Gasteiger partial charge < -0.3 is 10.1 Å². The Balaban J connectivity index is 2.36. The molecule has 1 saturated carbocycles. The Morgan fingerprint density at radius 1 is 1.40 bits per heavy atom. The SMILES string of the molecule is CCC(NC(=O)COC)C1CCCCC1. The number of rotatable bonds is 5. The summed E-state index contributed by atoms with van der Waals surface area (Å²) in [6, 6.07) is 0.355. The molecule has 1 aliphatic rings. The molecule has 1 aliphatic carbocycles. The highest BCUT2D eigenvalue weighted by Gasteiger charge is 2.23. The van der Waals surface area contributed by atoms with E-state index in [0.717, 1.165) is 6.42 Å². The number of carbonyl (C=O) groups excluding carboxylic acids is 1. The van der Waals surface area contributed by atoms with Crippen LogP contribution < -0.4 is 5.32 Å². The minimum Gasteiger partial charge on any atom is -0.375 e. The van der Waals surface area contributed by atoms with Gasteiger partial charge in [-0.3, -0.25) is 4.79 Å². The normalized spacial score (nSPS) is 19.9. The molecule has 3 heteroatoms. The first kappa shape index (κ1) is 12.5. The Morgan fingerprint density at radius 3 is 2.60 bits per heavy atom. The summed E-state index contributed by atoms with van der Waals surface area (Å²) in [5, 5.41) is 3.07. The van der Waals surface area contributed by atoms with Gasteiger partial charge in [-0.15, -0.1) is 0 Å². The Morgan fingerprint density at radius 2 is 2.07 bits per heavy atom. The van der Waals surface area contributed by atoms with E-state index >= 15 is 0 Å². The molecule has 88 valence electrons. The molecular formula is C12H23NO2. The average Bonchev–Trinajstić information content (AvgIpc) is 2.27. The van der Waals surface area contributed by atoms with Gasteiger partial charge in [0, 0.05) is 13.2 Å². The second kappa shape index (κ2) is 6.83. The molecule has 1 N–H and O–H groups in total. The van der Waals surface area contributed by atoms with Crippen molar-refractivity contribution in [3.63, 3.8) is 0 Å². The second-order valence-corrected chi connectivity index (χ2v) is 4.41. The fourth-order valence-corrected chi connectivity index (χ4v) is 2.47. The smallest absolute Gasteiger partial charge is 0.246 e. The number of carbonyl (C=O) groups is 1. The molecule has 0 aliphatic heterocycles. The van der Waals surface area contributed by atoms with E-state index in [0.29, 0.717) is 12.0 Å². The molecule has 0 aromatic heterocycles. The first-order valence-corrected chi connectivity index (χ1v) is 6.06. The van der Waals surface area contributed by atoms with Crippen LogP contribution in [0.2, 0.25) is 0 Å². The van der Waals surface area contributed by atoms with E-state index in [4.69, 9.17) is 4.74 Å². The molecule has 1 rings (SSSR count). The fourth-order valence-electron chi connectivity index (χ4n) is 2.47. The van der Waals surface area contributed by atoms with E-state index in [1.165, 1.54) is 32.1 Å². The Hall–Kier alpha value is -0.570. The molecule has 3 nitrogen and oxygen atoms in total. The monoisotopic (exact) mass is 213 g/mol.